The van der Waals surface area contributed by atoms with Gasteiger partial charge in [0.1, 0.15) is 11.2 Å². The Morgan fingerprint density at radius 2 is 0.864 bits per heavy atom. The van der Waals surface area contributed by atoms with Crippen molar-refractivity contribution in [3.8, 4) is 55.6 Å². The predicted octanol–water partition coefficient (Wildman–Crippen LogP) is 16.0. The number of para-hydroxylation sites is 1. The van der Waals surface area contributed by atoms with Crippen molar-refractivity contribution in [2.24, 2.45) is 0 Å². The maximum Gasteiger partial charge on any atom is 0.136 e. The second kappa shape index (κ2) is 13.9. The minimum absolute atomic E-state index is 0.155. The van der Waals surface area contributed by atoms with Crippen LogP contribution in [-0.4, -0.2) is 0 Å². The molecule has 0 spiro atoms. The molecule has 0 bridgehead atoms. The first kappa shape index (κ1) is 34.8. The summed E-state index contributed by atoms with van der Waals surface area (Å²) in [5, 5.41) is 2.27. The number of nitrogens with zero attached hydrogens (tertiary/aromatic N) is 1. The minimum Gasteiger partial charge on any atom is -0.456 e. The van der Waals surface area contributed by atoms with Crippen molar-refractivity contribution in [1.29, 1.82) is 0 Å². The monoisotopic (exact) mass is 755 g/mol. The van der Waals surface area contributed by atoms with Gasteiger partial charge in [0.05, 0.1) is 11.4 Å². The van der Waals surface area contributed by atoms with Gasteiger partial charge in [-0.2, -0.15) is 0 Å². The molecule has 59 heavy (non-hydrogen) atoms. The molecule has 1 aromatic heterocycles. The van der Waals surface area contributed by atoms with Crippen molar-refractivity contribution in [3.63, 3.8) is 0 Å². The molecule has 0 radical (unpaired) electrons. The van der Waals surface area contributed by atoms with Crippen LogP contribution in [0, 0.1) is 0 Å². The lowest BCUT2D eigenvalue weighted by molar-refractivity contribution is 0.660. The highest BCUT2D eigenvalue weighted by Gasteiger charge is 2.38. The fourth-order valence-electron chi connectivity index (χ4n) is 9.57. The number of anilines is 3. The maximum absolute atomic E-state index is 6.32. The Bertz CT molecular complexity index is 3170. The highest BCUT2D eigenvalue weighted by molar-refractivity contribution is 6.12. The zero-order valence-corrected chi connectivity index (χ0v) is 33.1. The van der Waals surface area contributed by atoms with Crippen molar-refractivity contribution in [1.82, 2.24) is 0 Å². The molecule has 9 aromatic carbocycles. The van der Waals surface area contributed by atoms with Crippen molar-refractivity contribution in [2.75, 3.05) is 4.90 Å². The van der Waals surface area contributed by atoms with E-state index < -0.39 is 0 Å². The highest BCUT2D eigenvalue weighted by Crippen LogP contribution is 2.56. The standard InChI is InChI=1S/C57H41NO/c1-57(2)48-28-13-11-24-46(48)56-49(57)29-17-31-51(56)58(41-36-34-40(35-37-41)44-27-16-33-53-55(44)47-25-12-14-32-52(47)59-53)50-30-15-26-43(39-20-7-4-8-21-39)54(50)45-23-10-9-22-42(45)38-18-5-3-6-19-38/h3-37H,1-2H3. The fraction of sp³-hybridized carbons (Fsp3) is 0.0526. The minimum atomic E-state index is -0.155. The van der Waals surface area contributed by atoms with Crippen LogP contribution in [0.5, 0.6) is 0 Å². The second-order valence-electron chi connectivity index (χ2n) is 16.0. The molecule has 0 unspecified atom stereocenters. The third kappa shape index (κ3) is 5.63. The summed E-state index contributed by atoms with van der Waals surface area (Å²) in [4.78, 5) is 2.51. The van der Waals surface area contributed by atoms with Gasteiger partial charge in [-0.3, -0.25) is 0 Å². The van der Waals surface area contributed by atoms with E-state index in [2.05, 4.69) is 225 Å². The average molecular weight is 756 g/mol. The summed E-state index contributed by atoms with van der Waals surface area (Å²) in [6.07, 6.45) is 0. The molecule has 1 heterocycles. The first-order chi connectivity index (χ1) is 29.1. The first-order valence-corrected chi connectivity index (χ1v) is 20.4. The van der Waals surface area contributed by atoms with Crippen LogP contribution < -0.4 is 4.90 Å². The van der Waals surface area contributed by atoms with Crippen LogP contribution >= 0.6 is 0 Å². The molecule has 280 valence electrons. The molecule has 1 aliphatic carbocycles. The van der Waals surface area contributed by atoms with Gasteiger partial charge in [0.15, 0.2) is 0 Å². The van der Waals surface area contributed by atoms with Crippen LogP contribution in [0.2, 0.25) is 0 Å². The van der Waals surface area contributed by atoms with Crippen LogP contribution in [0.1, 0.15) is 25.0 Å². The molecule has 0 amide bonds. The van der Waals surface area contributed by atoms with E-state index in [0.717, 1.165) is 50.1 Å². The van der Waals surface area contributed by atoms with Crippen LogP contribution in [0.3, 0.4) is 0 Å². The molecule has 1 aliphatic rings. The smallest absolute Gasteiger partial charge is 0.136 e. The molecule has 0 atom stereocenters. The maximum atomic E-state index is 6.32. The summed E-state index contributed by atoms with van der Waals surface area (Å²) in [7, 11) is 0. The Hall–Kier alpha value is -7.42. The number of fused-ring (bicyclic) bond motifs is 6. The van der Waals surface area contributed by atoms with E-state index in [1.165, 1.54) is 55.6 Å². The van der Waals surface area contributed by atoms with Gasteiger partial charge in [-0.25, -0.2) is 0 Å². The summed E-state index contributed by atoms with van der Waals surface area (Å²) < 4.78 is 6.32. The summed E-state index contributed by atoms with van der Waals surface area (Å²) >= 11 is 0. The van der Waals surface area contributed by atoms with Crippen LogP contribution in [0.4, 0.5) is 17.1 Å². The lowest BCUT2D eigenvalue weighted by atomic mass is 9.82. The number of hydrogen-bond donors (Lipinski definition) is 0. The molecule has 2 nitrogen and oxygen atoms in total. The fourth-order valence-corrected chi connectivity index (χ4v) is 9.57. The summed E-state index contributed by atoms with van der Waals surface area (Å²) in [6.45, 7) is 4.72. The normalized spacial score (nSPS) is 12.7. The molecular weight excluding hydrogens is 715 g/mol. The Balaban J connectivity index is 1.20. The van der Waals surface area contributed by atoms with E-state index in [1.54, 1.807) is 0 Å². The molecule has 0 fully saturated rings. The molecule has 0 saturated heterocycles. The van der Waals surface area contributed by atoms with Gasteiger partial charge < -0.3 is 9.32 Å². The van der Waals surface area contributed by atoms with E-state index in [0.29, 0.717) is 0 Å². The van der Waals surface area contributed by atoms with Crippen molar-refractivity contribution < 1.29 is 4.42 Å². The van der Waals surface area contributed by atoms with E-state index in [-0.39, 0.29) is 5.41 Å². The van der Waals surface area contributed by atoms with E-state index >= 15 is 0 Å². The summed E-state index contributed by atoms with van der Waals surface area (Å²) in [5.74, 6) is 0. The lowest BCUT2D eigenvalue weighted by Crippen LogP contribution is -2.16. The molecule has 0 saturated carbocycles. The second-order valence-corrected chi connectivity index (χ2v) is 16.0. The first-order valence-electron chi connectivity index (χ1n) is 20.4. The molecule has 2 heteroatoms. The Kier molecular flexibility index (Phi) is 8.20. The van der Waals surface area contributed by atoms with Crippen molar-refractivity contribution in [2.45, 2.75) is 19.3 Å². The van der Waals surface area contributed by atoms with E-state index in [4.69, 9.17) is 4.42 Å². The van der Waals surface area contributed by atoms with Gasteiger partial charge in [-0.05, 0) is 92.0 Å². The van der Waals surface area contributed by atoms with Crippen LogP contribution in [-0.2, 0) is 5.41 Å². The molecule has 0 aliphatic heterocycles. The van der Waals surface area contributed by atoms with Gasteiger partial charge in [0, 0.05) is 33.0 Å². The average Bonchev–Trinajstić information content (AvgIpc) is 3.80. The summed E-state index contributed by atoms with van der Waals surface area (Å²) in [5.41, 5.74) is 19.6. The van der Waals surface area contributed by atoms with E-state index in [9.17, 15) is 0 Å². The van der Waals surface area contributed by atoms with Gasteiger partial charge in [0.2, 0.25) is 0 Å². The zero-order valence-electron chi connectivity index (χ0n) is 33.1. The number of benzene rings is 9. The van der Waals surface area contributed by atoms with Gasteiger partial charge >= 0.3 is 0 Å². The molecular formula is C57H41NO. The Morgan fingerprint density at radius 1 is 0.356 bits per heavy atom. The SMILES string of the molecule is CC1(C)c2ccccc2-c2c(N(c3ccc(-c4cccc5oc6ccccc6c45)cc3)c3cccc(-c4ccccc4)c3-c3ccccc3-c3ccccc3)cccc21. The molecule has 11 rings (SSSR count). The third-order valence-corrected chi connectivity index (χ3v) is 12.3. The van der Waals surface area contributed by atoms with Crippen LogP contribution in [0.25, 0.3) is 77.6 Å². The highest BCUT2D eigenvalue weighted by atomic mass is 16.3. The van der Waals surface area contributed by atoms with Gasteiger partial charge in [0.25, 0.3) is 0 Å². The zero-order chi connectivity index (χ0) is 39.5. The lowest BCUT2D eigenvalue weighted by Gasteiger charge is -2.32. The Morgan fingerprint density at radius 3 is 1.63 bits per heavy atom. The quantitative estimate of drug-likeness (QED) is 0.161. The predicted molar refractivity (Wildman–Crippen MR) is 248 cm³/mol. The molecule has 0 N–H and O–H groups in total. The number of hydrogen-bond acceptors (Lipinski definition) is 2. The topological polar surface area (TPSA) is 16.4 Å². The number of furan rings is 1. The van der Waals surface area contributed by atoms with E-state index in [1.807, 2.05) is 6.07 Å². The largest absolute Gasteiger partial charge is 0.456 e. The number of rotatable bonds is 7. The van der Waals surface area contributed by atoms with Gasteiger partial charge in [-0.15, -0.1) is 0 Å². The van der Waals surface area contributed by atoms with Crippen molar-refractivity contribution >= 4 is 39.0 Å². The Labute approximate surface area is 345 Å². The summed E-state index contributed by atoms with van der Waals surface area (Å²) in [6, 6.07) is 77.0. The van der Waals surface area contributed by atoms with Crippen LogP contribution in [0.15, 0.2) is 217 Å². The van der Waals surface area contributed by atoms with Crippen molar-refractivity contribution in [3.05, 3.63) is 223 Å². The third-order valence-electron chi connectivity index (χ3n) is 12.3. The molecule has 10 aromatic rings. The van der Waals surface area contributed by atoms with Gasteiger partial charge in [-0.1, -0.05) is 190 Å².